The minimum atomic E-state index is -1.01. The Hall–Kier alpha value is -4.62. The molecule has 7 nitrogen and oxygen atoms in total. The number of benzene rings is 3. The molecule has 0 N–H and O–H groups in total. The maximum atomic E-state index is 13.4. The third-order valence-corrected chi connectivity index (χ3v) is 7.87. The van der Waals surface area contributed by atoms with Gasteiger partial charge < -0.3 is 4.74 Å². The number of amides is 2. The van der Waals surface area contributed by atoms with Crippen LogP contribution in [0.5, 0.6) is 0 Å². The van der Waals surface area contributed by atoms with Crippen LogP contribution in [-0.4, -0.2) is 34.7 Å². The number of ketones is 1. The summed E-state index contributed by atoms with van der Waals surface area (Å²) in [5.74, 6) is -1.98. The molecule has 41 heavy (non-hydrogen) atoms. The van der Waals surface area contributed by atoms with E-state index in [1.54, 1.807) is 78.9 Å². The zero-order valence-electron chi connectivity index (χ0n) is 22.1. The number of halogens is 1. The van der Waals surface area contributed by atoms with Crippen LogP contribution in [0.3, 0.4) is 0 Å². The Bertz CT molecular complexity index is 1710. The van der Waals surface area contributed by atoms with Crippen molar-refractivity contribution in [3.05, 3.63) is 107 Å². The zero-order valence-corrected chi connectivity index (χ0v) is 22.9. The van der Waals surface area contributed by atoms with Gasteiger partial charge in [-0.2, -0.15) is 0 Å². The molecule has 204 valence electrons. The summed E-state index contributed by atoms with van der Waals surface area (Å²) in [7, 11) is 0. The topological polar surface area (TPSA) is 93.6 Å². The smallest absolute Gasteiger partial charge is 0.339 e. The number of Topliss-reactive ketones (excluding diaryl/α,β-unsaturated/α-hetero) is 1. The number of nitrogens with zero attached hydrogens (tertiary/aromatic N) is 2. The highest BCUT2D eigenvalue weighted by Gasteiger charge is 2.47. The zero-order chi connectivity index (χ0) is 28.7. The van der Waals surface area contributed by atoms with Crippen molar-refractivity contribution >= 4 is 51.8 Å². The molecule has 1 aliphatic carbocycles. The van der Waals surface area contributed by atoms with E-state index in [1.165, 1.54) is 11.8 Å². The van der Waals surface area contributed by atoms with E-state index in [0.29, 0.717) is 51.3 Å². The molecule has 0 saturated carbocycles. The fourth-order valence-corrected chi connectivity index (χ4v) is 5.64. The number of imide groups is 1. The van der Waals surface area contributed by atoms with Gasteiger partial charge in [-0.1, -0.05) is 66.2 Å². The number of ether oxygens (including phenoxy) is 1. The maximum Gasteiger partial charge on any atom is 0.339 e. The second-order valence-corrected chi connectivity index (χ2v) is 10.6. The second-order valence-electron chi connectivity index (χ2n) is 10.2. The normalized spacial score (nSPS) is 18.8. The number of hydrogen-bond donors (Lipinski definition) is 0. The summed E-state index contributed by atoms with van der Waals surface area (Å²) in [6.07, 6.45) is 4.05. The molecule has 2 amide bonds. The summed E-state index contributed by atoms with van der Waals surface area (Å²) in [6.45, 7) is 1.54. The first-order chi connectivity index (χ1) is 19.8. The van der Waals surface area contributed by atoms with Crippen molar-refractivity contribution in [3.63, 3.8) is 0 Å². The van der Waals surface area contributed by atoms with Gasteiger partial charge in [0.25, 0.3) is 0 Å². The number of carbonyl (C=O) groups is 4. The Balaban J connectivity index is 1.31. The number of esters is 1. The van der Waals surface area contributed by atoms with Crippen LogP contribution in [0.1, 0.15) is 40.5 Å². The third kappa shape index (κ3) is 4.93. The van der Waals surface area contributed by atoms with Gasteiger partial charge in [-0.15, -0.1) is 0 Å². The lowest BCUT2D eigenvalue weighted by Crippen LogP contribution is -2.30. The Labute approximate surface area is 241 Å². The molecule has 3 unspecified atom stereocenters. The quantitative estimate of drug-likeness (QED) is 0.116. The van der Waals surface area contributed by atoms with Crippen molar-refractivity contribution in [2.75, 3.05) is 4.90 Å². The van der Waals surface area contributed by atoms with Gasteiger partial charge in [0.2, 0.25) is 17.6 Å². The number of aromatic nitrogens is 1. The maximum absolute atomic E-state index is 13.4. The number of allylic oxidation sites excluding steroid dienone is 2. The van der Waals surface area contributed by atoms with Crippen LogP contribution in [-0.2, 0) is 14.3 Å². The van der Waals surface area contributed by atoms with E-state index in [1.807, 2.05) is 12.2 Å². The van der Waals surface area contributed by atoms with Crippen molar-refractivity contribution in [1.29, 1.82) is 0 Å². The summed E-state index contributed by atoms with van der Waals surface area (Å²) < 4.78 is 5.60. The number of fused-ring (bicyclic) bond motifs is 2. The predicted octanol–water partition coefficient (Wildman–Crippen LogP) is 6.44. The number of anilines is 1. The Morgan fingerprint density at radius 2 is 1.56 bits per heavy atom. The molecular formula is C33H25ClN2O5. The fourth-order valence-electron chi connectivity index (χ4n) is 5.47. The van der Waals surface area contributed by atoms with E-state index in [4.69, 9.17) is 21.3 Å². The number of pyridine rings is 1. The molecule has 3 atom stereocenters. The van der Waals surface area contributed by atoms with Crippen molar-refractivity contribution in [2.24, 2.45) is 11.8 Å². The van der Waals surface area contributed by atoms with E-state index >= 15 is 0 Å². The summed E-state index contributed by atoms with van der Waals surface area (Å²) in [5, 5.41) is 0.918. The van der Waals surface area contributed by atoms with E-state index < -0.39 is 12.1 Å². The average molecular weight is 565 g/mol. The first kappa shape index (κ1) is 26.6. The molecule has 1 fully saturated rings. The summed E-state index contributed by atoms with van der Waals surface area (Å²) in [5.41, 5.74) is 2.83. The van der Waals surface area contributed by atoms with Crippen molar-refractivity contribution < 1.29 is 23.9 Å². The first-order valence-corrected chi connectivity index (χ1v) is 13.7. The SMILES string of the molecule is CC(OC(=O)c1cc(-c2ccc(N3C(=O)C4CC=CCC4C3=O)cc2)nc2ccc(Cl)cc12)C(=O)c1ccccc1. The van der Waals surface area contributed by atoms with E-state index in [2.05, 4.69) is 0 Å². The highest BCUT2D eigenvalue weighted by atomic mass is 35.5. The lowest BCUT2D eigenvalue weighted by Gasteiger charge is -2.16. The van der Waals surface area contributed by atoms with Crippen LogP contribution < -0.4 is 4.90 Å². The van der Waals surface area contributed by atoms with Crippen LogP contribution >= 0.6 is 11.6 Å². The molecule has 0 bridgehead atoms. The fraction of sp³-hybridized carbons (Fsp3) is 0.182. The molecule has 1 aromatic heterocycles. The molecule has 2 heterocycles. The molecule has 1 saturated heterocycles. The Kier molecular flexibility index (Phi) is 6.97. The van der Waals surface area contributed by atoms with Gasteiger partial charge >= 0.3 is 5.97 Å². The van der Waals surface area contributed by atoms with Crippen LogP contribution in [0.4, 0.5) is 5.69 Å². The second kappa shape index (κ2) is 10.7. The van der Waals surface area contributed by atoms with Gasteiger partial charge in [0.15, 0.2) is 6.10 Å². The average Bonchev–Trinajstić information content (AvgIpc) is 3.26. The van der Waals surface area contributed by atoms with Crippen LogP contribution in [0.25, 0.3) is 22.2 Å². The van der Waals surface area contributed by atoms with E-state index in [0.717, 1.165) is 0 Å². The molecule has 6 rings (SSSR count). The first-order valence-electron chi connectivity index (χ1n) is 13.4. The minimum Gasteiger partial charge on any atom is -0.451 e. The number of carbonyl (C=O) groups excluding carboxylic acids is 4. The lowest BCUT2D eigenvalue weighted by molar-refractivity contribution is -0.122. The Morgan fingerprint density at radius 1 is 0.902 bits per heavy atom. The van der Waals surface area contributed by atoms with Crippen LogP contribution in [0.15, 0.2) is 91.0 Å². The molecule has 3 aromatic carbocycles. The van der Waals surface area contributed by atoms with Crippen molar-refractivity contribution in [3.8, 4) is 11.3 Å². The van der Waals surface area contributed by atoms with Gasteiger partial charge in [-0.25, -0.2) is 9.78 Å². The molecular weight excluding hydrogens is 540 g/mol. The van der Waals surface area contributed by atoms with Gasteiger partial charge in [0.1, 0.15) is 0 Å². The van der Waals surface area contributed by atoms with E-state index in [-0.39, 0.29) is 35.0 Å². The van der Waals surface area contributed by atoms with Gasteiger partial charge in [-0.3, -0.25) is 19.3 Å². The van der Waals surface area contributed by atoms with Crippen LogP contribution in [0.2, 0.25) is 5.02 Å². The van der Waals surface area contributed by atoms with Gasteiger partial charge in [0, 0.05) is 21.5 Å². The number of rotatable bonds is 6. The summed E-state index contributed by atoms with van der Waals surface area (Å²) in [6, 6.07) is 22.2. The third-order valence-electron chi connectivity index (χ3n) is 7.63. The van der Waals surface area contributed by atoms with Crippen LogP contribution in [0, 0.1) is 11.8 Å². The van der Waals surface area contributed by atoms with Crippen molar-refractivity contribution in [2.45, 2.75) is 25.9 Å². The highest BCUT2D eigenvalue weighted by molar-refractivity contribution is 6.31. The predicted molar refractivity (Wildman–Crippen MR) is 156 cm³/mol. The largest absolute Gasteiger partial charge is 0.451 e. The molecule has 8 heteroatoms. The summed E-state index contributed by atoms with van der Waals surface area (Å²) >= 11 is 6.24. The van der Waals surface area contributed by atoms with Crippen molar-refractivity contribution in [1.82, 2.24) is 4.98 Å². The molecule has 0 spiro atoms. The van der Waals surface area contributed by atoms with E-state index in [9.17, 15) is 19.2 Å². The van der Waals surface area contributed by atoms with Gasteiger partial charge in [0.05, 0.1) is 34.3 Å². The minimum absolute atomic E-state index is 0.179. The highest BCUT2D eigenvalue weighted by Crippen LogP contribution is 2.38. The molecule has 0 radical (unpaired) electrons. The Morgan fingerprint density at radius 3 is 2.22 bits per heavy atom. The lowest BCUT2D eigenvalue weighted by atomic mass is 9.85. The molecule has 2 aliphatic rings. The number of hydrogen-bond acceptors (Lipinski definition) is 6. The standard InChI is InChI=1S/C33H25ClN2O5/c1-19(30(37)21-7-3-2-4-8-21)41-33(40)27-18-29(35-28-16-13-22(34)17-26(27)28)20-11-14-23(15-12-20)36-31(38)24-9-5-6-10-25(24)32(36)39/h2-8,11-19,24-25H,9-10H2,1H3. The summed E-state index contributed by atoms with van der Waals surface area (Å²) in [4.78, 5) is 58.2. The van der Waals surface area contributed by atoms with Gasteiger partial charge in [-0.05, 0) is 56.2 Å². The molecule has 1 aliphatic heterocycles. The molecule has 4 aromatic rings. The monoisotopic (exact) mass is 564 g/mol.